The fraction of sp³-hybridized carbons (Fsp3) is 0.192. The third-order valence-electron chi connectivity index (χ3n) is 5.67. The maximum absolute atomic E-state index is 14.6. The largest absolute Gasteiger partial charge is 0.480 e. The van der Waals surface area contributed by atoms with Crippen LogP contribution in [-0.2, 0) is 17.5 Å². The Labute approximate surface area is 220 Å². The van der Waals surface area contributed by atoms with E-state index in [2.05, 4.69) is 10.1 Å². The number of benzene rings is 3. The van der Waals surface area contributed by atoms with E-state index in [9.17, 15) is 26.7 Å². The zero-order valence-electron chi connectivity index (χ0n) is 20.0. The Bertz CT molecular complexity index is 1450. The highest BCUT2D eigenvalue weighted by atomic mass is 35.5. The summed E-state index contributed by atoms with van der Waals surface area (Å²) < 4.78 is 76.2. The molecule has 0 unspecified atom stereocenters. The van der Waals surface area contributed by atoms with Crippen LogP contribution in [0.25, 0.3) is 34.0 Å². The van der Waals surface area contributed by atoms with Crippen LogP contribution in [0.5, 0.6) is 0 Å². The number of hydrogen-bond donors (Lipinski definition) is 1. The Morgan fingerprint density at radius 2 is 1.66 bits per heavy atom. The van der Waals surface area contributed by atoms with Gasteiger partial charge in [-0.15, -0.1) is 12.4 Å². The molecule has 6 nitrogen and oxygen atoms in total. The minimum absolute atomic E-state index is 0. The molecule has 1 N–H and O–H groups in total. The van der Waals surface area contributed by atoms with Gasteiger partial charge in [-0.1, -0.05) is 35.5 Å². The number of aliphatic carboxylic acids is 1. The van der Waals surface area contributed by atoms with E-state index in [0.29, 0.717) is 11.1 Å². The first kappa shape index (κ1) is 28.7. The fourth-order valence-corrected chi connectivity index (χ4v) is 3.92. The van der Waals surface area contributed by atoms with Crippen molar-refractivity contribution in [2.24, 2.45) is 0 Å². The van der Waals surface area contributed by atoms with Gasteiger partial charge in [-0.2, -0.15) is 18.2 Å². The summed E-state index contributed by atoms with van der Waals surface area (Å²) in [6, 6.07) is 12.2. The quantitative estimate of drug-likeness (QED) is 0.259. The number of aryl methyl sites for hydroxylation is 1. The third kappa shape index (κ3) is 6.17. The van der Waals surface area contributed by atoms with Gasteiger partial charge in [-0.25, -0.2) is 8.78 Å². The minimum Gasteiger partial charge on any atom is -0.480 e. The number of carbonyl (C=O) groups is 1. The van der Waals surface area contributed by atoms with Crippen LogP contribution >= 0.6 is 12.4 Å². The van der Waals surface area contributed by atoms with E-state index in [1.54, 1.807) is 31.2 Å². The lowest BCUT2D eigenvalue weighted by Gasteiger charge is -2.15. The van der Waals surface area contributed by atoms with Crippen molar-refractivity contribution in [1.29, 1.82) is 0 Å². The Balaban J connectivity index is 0.00000400. The average molecular weight is 554 g/mol. The van der Waals surface area contributed by atoms with Crippen LogP contribution in [0.3, 0.4) is 0 Å². The number of aromatic nitrogens is 2. The topological polar surface area (TPSA) is 79.5 Å². The Hall–Kier alpha value is -3.83. The second-order valence-electron chi connectivity index (χ2n) is 8.48. The molecule has 200 valence electrons. The first-order valence-corrected chi connectivity index (χ1v) is 10.9. The van der Waals surface area contributed by atoms with Crippen molar-refractivity contribution in [3.05, 3.63) is 82.9 Å². The standard InChI is InChI=1S/C26H20F5N3O3.ClH/c1-14-5-3-4-6-17(14)18-8-7-15(9-20(18)26(29,30)31)25-32-24(33-37-25)16-10-21(27)19(22(28)11-16)12-34(2)13-23(35)36;/h3-11H,12-13H2,1-2H3,(H,35,36);1H. The Morgan fingerprint density at radius 1 is 1.00 bits per heavy atom. The zero-order valence-corrected chi connectivity index (χ0v) is 20.8. The predicted octanol–water partition coefficient (Wildman–Crippen LogP) is 6.61. The lowest BCUT2D eigenvalue weighted by atomic mass is 9.94. The van der Waals surface area contributed by atoms with Crippen molar-refractivity contribution in [2.75, 3.05) is 13.6 Å². The summed E-state index contributed by atoms with van der Waals surface area (Å²) in [5.41, 5.74) is -0.279. The van der Waals surface area contributed by atoms with Gasteiger partial charge in [-0.3, -0.25) is 9.69 Å². The monoisotopic (exact) mass is 553 g/mol. The van der Waals surface area contributed by atoms with Gasteiger partial charge in [-0.05, 0) is 54.9 Å². The maximum atomic E-state index is 14.6. The second-order valence-corrected chi connectivity index (χ2v) is 8.48. The average Bonchev–Trinajstić information content (AvgIpc) is 3.31. The molecule has 0 spiro atoms. The van der Waals surface area contributed by atoms with Gasteiger partial charge in [0.2, 0.25) is 5.82 Å². The molecule has 12 heteroatoms. The predicted molar refractivity (Wildman–Crippen MR) is 131 cm³/mol. The Morgan fingerprint density at radius 3 is 2.26 bits per heavy atom. The molecule has 3 aromatic carbocycles. The molecular weight excluding hydrogens is 533 g/mol. The summed E-state index contributed by atoms with van der Waals surface area (Å²) in [5.74, 6) is -3.56. The fourth-order valence-electron chi connectivity index (χ4n) is 3.92. The van der Waals surface area contributed by atoms with Gasteiger partial charge in [0.25, 0.3) is 5.89 Å². The van der Waals surface area contributed by atoms with Crippen LogP contribution in [0.4, 0.5) is 22.0 Å². The molecule has 1 heterocycles. The Kier molecular flexibility index (Phi) is 8.53. The van der Waals surface area contributed by atoms with Crippen LogP contribution in [0.1, 0.15) is 16.7 Å². The number of alkyl halides is 3. The summed E-state index contributed by atoms with van der Waals surface area (Å²) in [6.45, 7) is 0.994. The van der Waals surface area contributed by atoms with E-state index in [4.69, 9.17) is 9.63 Å². The number of carboxylic acids is 1. The number of hydrogen-bond acceptors (Lipinski definition) is 5. The number of nitrogens with zero attached hydrogens (tertiary/aromatic N) is 3. The van der Waals surface area contributed by atoms with E-state index in [1.807, 2.05) is 0 Å². The lowest BCUT2D eigenvalue weighted by molar-refractivity contribution is -0.138. The molecule has 4 aromatic rings. The summed E-state index contributed by atoms with van der Waals surface area (Å²) in [5, 5.41) is 12.5. The normalized spacial score (nSPS) is 11.5. The minimum atomic E-state index is -4.67. The zero-order chi connectivity index (χ0) is 26.9. The van der Waals surface area contributed by atoms with Crippen molar-refractivity contribution >= 4 is 18.4 Å². The van der Waals surface area contributed by atoms with Gasteiger partial charge in [0.1, 0.15) is 11.6 Å². The first-order chi connectivity index (χ1) is 17.4. The molecule has 0 fully saturated rings. The third-order valence-corrected chi connectivity index (χ3v) is 5.67. The van der Waals surface area contributed by atoms with Crippen molar-refractivity contribution < 1.29 is 36.4 Å². The molecule has 0 saturated carbocycles. The number of halogens is 6. The molecule has 0 amide bonds. The number of rotatable bonds is 7. The summed E-state index contributed by atoms with van der Waals surface area (Å²) in [7, 11) is 1.39. The smallest absolute Gasteiger partial charge is 0.417 e. The number of carboxylic acid groups (broad SMARTS) is 1. The summed E-state index contributed by atoms with van der Waals surface area (Å²) >= 11 is 0. The van der Waals surface area contributed by atoms with Crippen LogP contribution in [0.2, 0.25) is 0 Å². The summed E-state index contributed by atoms with van der Waals surface area (Å²) in [6.07, 6.45) is -4.67. The van der Waals surface area contributed by atoms with Crippen molar-refractivity contribution in [1.82, 2.24) is 15.0 Å². The highest BCUT2D eigenvalue weighted by Gasteiger charge is 2.35. The van der Waals surface area contributed by atoms with Crippen LogP contribution < -0.4 is 0 Å². The first-order valence-electron chi connectivity index (χ1n) is 10.9. The van der Waals surface area contributed by atoms with E-state index in [0.717, 1.165) is 18.2 Å². The van der Waals surface area contributed by atoms with E-state index < -0.39 is 35.9 Å². The molecule has 0 aliphatic carbocycles. The van der Waals surface area contributed by atoms with Crippen molar-refractivity contribution in [3.63, 3.8) is 0 Å². The lowest BCUT2D eigenvalue weighted by Crippen LogP contribution is -2.26. The van der Waals surface area contributed by atoms with Gasteiger partial charge in [0, 0.05) is 23.2 Å². The summed E-state index contributed by atoms with van der Waals surface area (Å²) in [4.78, 5) is 16.0. The highest BCUT2D eigenvalue weighted by Crippen LogP contribution is 2.40. The van der Waals surface area contributed by atoms with Crippen molar-refractivity contribution in [3.8, 4) is 34.0 Å². The molecule has 0 bridgehead atoms. The second kappa shape index (κ2) is 11.3. The molecule has 0 radical (unpaired) electrons. The van der Waals surface area contributed by atoms with Gasteiger partial charge >= 0.3 is 12.1 Å². The van der Waals surface area contributed by atoms with Gasteiger partial charge in [0.15, 0.2) is 0 Å². The SMILES string of the molecule is Cc1ccccc1-c1ccc(-c2nc(-c3cc(F)c(CN(C)CC(=O)O)c(F)c3)no2)cc1C(F)(F)F.Cl. The van der Waals surface area contributed by atoms with Gasteiger partial charge in [0.05, 0.1) is 12.1 Å². The molecule has 38 heavy (non-hydrogen) atoms. The molecule has 0 aliphatic heterocycles. The van der Waals surface area contributed by atoms with Crippen LogP contribution in [0, 0.1) is 18.6 Å². The molecule has 0 saturated heterocycles. The molecule has 0 aliphatic rings. The molecular formula is C26H21ClF5N3O3. The van der Waals surface area contributed by atoms with Crippen molar-refractivity contribution in [2.45, 2.75) is 19.6 Å². The molecule has 4 rings (SSSR count). The molecule has 0 atom stereocenters. The van der Waals surface area contributed by atoms with E-state index in [-0.39, 0.29) is 52.9 Å². The van der Waals surface area contributed by atoms with E-state index in [1.165, 1.54) is 24.1 Å². The highest BCUT2D eigenvalue weighted by molar-refractivity contribution is 5.85. The molecule has 1 aromatic heterocycles. The van der Waals surface area contributed by atoms with Crippen LogP contribution in [-0.4, -0.2) is 39.7 Å². The van der Waals surface area contributed by atoms with E-state index >= 15 is 0 Å². The van der Waals surface area contributed by atoms with Gasteiger partial charge < -0.3 is 9.63 Å². The maximum Gasteiger partial charge on any atom is 0.417 e. The van der Waals surface area contributed by atoms with Crippen LogP contribution in [0.15, 0.2) is 59.1 Å². The number of likely N-dealkylation sites (N-methyl/N-ethyl adjacent to an activating group) is 1.